The average molecular weight is 409 g/mol. The average Bonchev–Trinajstić information content (AvgIpc) is 3.34. The van der Waals surface area contributed by atoms with Crippen LogP contribution in [0.25, 0.3) is 0 Å². The van der Waals surface area contributed by atoms with Gasteiger partial charge in [-0.15, -0.1) is 0 Å². The molecule has 2 aliphatic rings. The number of carboxylic acid groups (broad SMARTS) is 1. The summed E-state index contributed by atoms with van der Waals surface area (Å²) in [6.07, 6.45) is -3.29. The maximum absolute atomic E-state index is 13.2. The molecule has 3 heterocycles. The topological polar surface area (TPSA) is 73.7 Å². The van der Waals surface area contributed by atoms with Gasteiger partial charge in [-0.05, 0) is 23.3 Å². The van der Waals surface area contributed by atoms with E-state index in [0.29, 0.717) is 18.2 Å². The number of hydrogen-bond acceptors (Lipinski definition) is 5. The summed E-state index contributed by atoms with van der Waals surface area (Å²) < 4.78 is 39.6. The molecule has 0 radical (unpaired) electrons. The van der Waals surface area contributed by atoms with E-state index >= 15 is 0 Å². The van der Waals surface area contributed by atoms with Crippen molar-refractivity contribution in [2.24, 2.45) is 0 Å². The first kappa shape index (κ1) is 18.5. The highest BCUT2D eigenvalue weighted by molar-refractivity contribution is 7.17. The predicted octanol–water partition coefficient (Wildman–Crippen LogP) is 3.13. The molecule has 2 aliphatic heterocycles. The van der Waals surface area contributed by atoms with E-state index in [1.54, 1.807) is 0 Å². The van der Waals surface area contributed by atoms with E-state index in [-0.39, 0.29) is 23.5 Å². The Bertz CT molecular complexity index is 981. The van der Waals surface area contributed by atoms with Crippen LogP contribution in [0.15, 0.2) is 41.6 Å². The third-order valence-electron chi connectivity index (χ3n) is 4.75. The highest BCUT2D eigenvalue weighted by Crippen LogP contribution is 2.35. The van der Waals surface area contributed by atoms with Crippen LogP contribution >= 0.6 is 11.3 Å². The molecule has 0 atom stereocenters. The second kappa shape index (κ2) is 6.62. The number of nitrogens with zero attached hydrogens (tertiary/aromatic N) is 3. The largest absolute Gasteiger partial charge is 0.477 e. The maximum Gasteiger partial charge on any atom is 0.417 e. The SMILES string of the molecule is O=C(O)c1cnc(N2CC3=C(CN(C(=O)c4ccccc4C(F)(F)F)C3)C2)s1. The van der Waals surface area contributed by atoms with Gasteiger partial charge in [0, 0.05) is 26.2 Å². The third kappa shape index (κ3) is 3.24. The Morgan fingerprint density at radius 2 is 1.71 bits per heavy atom. The first-order valence-electron chi connectivity index (χ1n) is 8.33. The van der Waals surface area contributed by atoms with Crippen molar-refractivity contribution < 1.29 is 27.9 Å². The van der Waals surface area contributed by atoms with Crippen LogP contribution in [0.4, 0.5) is 18.3 Å². The number of carboxylic acids is 1. The van der Waals surface area contributed by atoms with Crippen molar-refractivity contribution >= 4 is 28.3 Å². The van der Waals surface area contributed by atoms with Crippen LogP contribution in [-0.4, -0.2) is 53.0 Å². The van der Waals surface area contributed by atoms with E-state index in [1.807, 2.05) is 4.90 Å². The van der Waals surface area contributed by atoms with Gasteiger partial charge in [-0.3, -0.25) is 4.79 Å². The molecular weight excluding hydrogens is 395 g/mol. The summed E-state index contributed by atoms with van der Waals surface area (Å²) in [6.45, 7) is 1.47. The van der Waals surface area contributed by atoms with Crippen LogP contribution in [0.5, 0.6) is 0 Å². The second-order valence-electron chi connectivity index (χ2n) is 6.58. The van der Waals surface area contributed by atoms with Crippen molar-refractivity contribution in [1.29, 1.82) is 0 Å². The van der Waals surface area contributed by atoms with Gasteiger partial charge in [-0.2, -0.15) is 13.2 Å². The standard InChI is InChI=1S/C18H14F3N3O3S/c19-18(20,21)13-4-2-1-3-12(13)15(25)23-6-10-8-24(9-11(10)7-23)17-22-5-14(28-17)16(26)27/h1-5H,6-9H2,(H,26,27). The van der Waals surface area contributed by atoms with Gasteiger partial charge in [0.25, 0.3) is 5.91 Å². The Hall–Kier alpha value is -2.88. The predicted molar refractivity (Wildman–Crippen MR) is 95.7 cm³/mol. The molecule has 0 saturated heterocycles. The summed E-state index contributed by atoms with van der Waals surface area (Å²) >= 11 is 1.07. The van der Waals surface area contributed by atoms with E-state index in [2.05, 4.69) is 4.98 Å². The van der Waals surface area contributed by atoms with Gasteiger partial charge in [-0.25, -0.2) is 9.78 Å². The number of amides is 1. The van der Waals surface area contributed by atoms with Gasteiger partial charge >= 0.3 is 12.1 Å². The second-order valence-corrected chi connectivity index (χ2v) is 7.59. The van der Waals surface area contributed by atoms with Gasteiger partial charge in [0.2, 0.25) is 0 Å². The lowest BCUT2D eigenvalue weighted by atomic mass is 10.1. The number of carbonyl (C=O) groups excluding carboxylic acids is 1. The van der Waals surface area contributed by atoms with Crippen molar-refractivity contribution in [3.05, 3.63) is 57.6 Å². The van der Waals surface area contributed by atoms with Crippen LogP contribution in [0.3, 0.4) is 0 Å². The number of alkyl halides is 3. The highest BCUT2D eigenvalue weighted by atomic mass is 32.1. The van der Waals surface area contributed by atoms with Gasteiger partial charge in [-0.1, -0.05) is 23.5 Å². The number of benzene rings is 1. The van der Waals surface area contributed by atoms with Crippen molar-refractivity contribution in [3.8, 4) is 0 Å². The molecule has 28 heavy (non-hydrogen) atoms. The normalized spacial score (nSPS) is 16.7. The quantitative estimate of drug-likeness (QED) is 0.789. The van der Waals surface area contributed by atoms with Crippen LogP contribution in [0.2, 0.25) is 0 Å². The lowest BCUT2D eigenvalue weighted by Crippen LogP contribution is -2.35. The zero-order valence-electron chi connectivity index (χ0n) is 14.4. The van der Waals surface area contributed by atoms with E-state index in [9.17, 15) is 22.8 Å². The number of aromatic carboxylic acids is 1. The Kier molecular flexibility index (Phi) is 4.37. The fourth-order valence-electron chi connectivity index (χ4n) is 3.46. The van der Waals surface area contributed by atoms with Gasteiger partial charge in [0.05, 0.1) is 17.3 Å². The fourth-order valence-corrected chi connectivity index (χ4v) is 4.21. The Morgan fingerprint density at radius 1 is 1.07 bits per heavy atom. The fraction of sp³-hybridized carbons (Fsp3) is 0.278. The number of carbonyl (C=O) groups is 2. The summed E-state index contributed by atoms with van der Waals surface area (Å²) in [5.74, 6) is -1.68. The van der Waals surface area contributed by atoms with Crippen LogP contribution in [0.1, 0.15) is 25.6 Å². The molecule has 1 aromatic heterocycles. The Morgan fingerprint density at radius 3 is 2.29 bits per heavy atom. The minimum Gasteiger partial charge on any atom is -0.477 e. The van der Waals surface area contributed by atoms with Crippen molar-refractivity contribution in [3.63, 3.8) is 0 Å². The van der Waals surface area contributed by atoms with Crippen LogP contribution < -0.4 is 4.90 Å². The zero-order valence-corrected chi connectivity index (χ0v) is 15.2. The Labute approximate surface area is 161 Å². The molecule has 10 heteroatoms. The Balaban J connectivity index is 1.46. The minimum atomic E-state index is -4.59. The number of aromatic nitrogens is 1. The molecule has 1 aromatic carbocycles. The smallest absolute Gasteiger partial charge is 0.417 e. The molecule has 1 N–H and O–H groups in total. The molecule has 0 fully saturated rings. The van der Waals surface area contributed by atoms with E-state index < -0.39 is 23.6 Å². The molecule has 0 unspecified atom stereocenters. The first-order chi connectivity index (χ1) is 13.2. The summed E-state index contributed by atoms with van der Waals surface area (Å²) in [4.78, 5) is 31.3. The van der Waals surface area contributed by atoms with Crippen LogP contribution in [-0.2, 0) is 6.18 Å². The van der Waals surface area contributed by atoms with Gasteiger partial charge < -0.3 is 14.9 Å². The first-order valence-corrected chi connectivity index (χ1v) is 9.15. The molecule has 4 rings (SSSR count). The summed E-state index contributed by atoms with van der Waals surface area (Å²) in [5.41, 5.74) is 0.645. The zero-order chi connectivity index (χ0) is 20.1. The molecule has 0 saturated carbocycles. The molecule has 2 aromatic rings. The van der Waals surface area contributed by atoms with Gasteiger partial charge in [0.1, 0.15) is 4.88 Å². The monoisotopic (exact) mass is 409 g/mol. The molecule has 6 nitrogen and oxygen atoms in total. The van der Waals surface area contributed by atoms with E-state index in [1.165, 1.54) is 29.3 Å². The van der Waals surface area contributed by atoms with E-state index in [0.717, 1.165) is 28.5 Å². The molecule has 146 valence electrons. The lowest BCUT2D eigenvalue weighted by Gasteiger charge is -2.23. The maximum atomic E-state index is 13.2. The molecule has 0 bridgehead atoms. The number of rotatable bonds is 3. The number of thiazole rings is 1. The minimum absolute atomic E-state index is 0.141. The summed E-state index contributed by atoms with van der Waals surface area (Å²) in [7, 11) is 0. The summed E-state index contributed by atoms with van der Waals surface area (Å²) in [5, 5.41) is 9.58. The lowest BCUT2D eigenvalue weighted by molar-refractivity contribution is -0.138. The van der Waals surface area contributed by atoms with Crippen molar-refractivity contribution in [2.75, 3.05) is 31.1 Å². The number of halogens is 3. The van der Waals surface area contributed by atoms with Gasteiger partial charge in [0.15, 0.2) is 5.13 Å². The number of hydrogen-bond donors (Lipinski definition) is 1. The van der Waals surface area contributed by atoms with Crippen molar-refractivity contribution in [1.82, 2.24) is 9.88 Å². The molecule has 1 amide bonds. The third-order valence-corrected chi connectivity index (χ3v) is 5.80. The molecular formula is C18H14F3N3O3S. The van der Waals surface area contributed by atoms with Crippen molar-refractivity contribution in [2.45, 2.75) is 6.18 Å². The number of anilines is 1. The van der Waals surface area contributed by atoms with Crippen LogP contribution in [0, 0.1) is 0 Å². The summed E-state index contributed by atoms with van der Waals surface area (Å²) in [6, 6.07) is 4.79. The highest BCUT2D eigenvalue weighted by Gasteiger charge is 2.38. The molecule has 0 spiro atoms. The van der Waals surface area contributed by atoms with E-state index in [4.69, 9.17) is 5.11 Å². The molecule has 0 aliphatic carbocycles.